The fraction of sp³-hybridized carbons (Fsp3) is 0.167. The van der Waals surface area contributed by atoms with Gasteiger partial charge in [-0.2, -0.15) is 18.2 Å². The maximum atomic E-state index is 13.4. The first-order valence-electron chi connectivity index (χ1n) is 10.4. The number of nitrogens with one attached hydrogen (secondary N) is 1. The van der Waals surface area contributed by atoms with Crippen molar-refractivity contribution in [3.05, 3.63) is 70.9 Å². The van der Waals surface area contributed by atoms with Crippen molar-refractivity contribution in [1.29, 1.82) is 0 Å². The molecule has 0 aliphatic carbocycles. The summed E-state index contributed by atoms with van der Waals surface area (Å²) in [6, 6.07) is 11.9. The quantitative estimate of drug-likeness (QED) is 0.268. The molecule has 0 saturated carbocycles. The van der Waals surface area contributed by atoms with E-state index < -0.39 is 17.7 Å². The number of hydrogen-bond donors (Lipinski definition) is 2. The van der Waals surface area contributed by atoms with Crippen LogP contribution in [0.1, 0.15) is 17.5 Å². The zero-order chi connectivity index (χ0) is 25.2. The number of halogens is 5. The van der Waals surface area contributed by atoms with Gasteiger partial charge >= 0.3 is 12.1 Å². The largest absolute Gasteiger partial charge is 0.481 e. The number of aliphatic carboxylic acids is 1. The highest BCUT2D eigenvalue weighted by molar-refractivity contribution is 6.33. The Bertz CT molecular complexity index is 1390. The zero-order valence-corrected chi connectivity index (χ0v) is 20.2. The van der Waals surface area contributed by atoms with Gasteiger partial charge in [0.2, 0.25) is 5.82 Å². The second-order valence-electron chi connectivity index (χ2n) is 7.62. The number of pyridine rings is 1. The predicted octanol–water partition coefficient (Wildman–Crippen LogP) is 6.75. The van der Waals surface area contributed by atoms with Crippen molar-refractivity contribution in [1.82, 2.24) is 15.1 Å². The van der Waals surface area contributed by atoms with Crippen LogP contribution in [0.15, 0.2) is 59.3 Å². The van der Waals surface area contributed by atoms with E-state index in [1.807, 2.05) is 0 Å². The van der Waals surface area contributed by atoms with Gasteiger partial charge in [-0.05, 0) is 47.9 Å². The van der Waals surface area contributed by atoms with Gasteiger partial charge in [0.15, 0.2) is 0 Å². The lowest BCUT2D eigenvalue weighted by Gasteiger charge is -2.14. The maximum absolute atomic E-state index is 13.4. The first-order valence-corrected chi connectivity index (χ1v) is 10.7. The summed E-state index contributed by atoms with van der Waals surface area (Å²) in [6.07, 6.45) is -3.10. The maximum Gasteiger partial charge on any atom is 0.417 e. The van der Waals surface area contributed by atoms with Crippen LogP contribution >= 0.6 is 24.0 Å². The average Bonchev–Trinajstić information content (AvgIpc) is 3.30. The monoisotopic (exact) mass is 538 g/mol. The molecule has 0 aliphatic heterocycles. The summed E-state index contributed by atoms with van der Waals surface area (Å²) in [5.74, 6) is -0.225. The third-order valence-electron chi connectivity index (χ3n) is 5.15. The molecular formula is C24H19Cl2F3N4O3. The molecule has 0 bridgehead atoms. The van der Waals surface area contributed by atoms with Crippen molar-refractivity contribution < 1.29 is 27.6 Å². The van der Waals surface area contributed by atoms with Crippen LogP contribution in [0.4, 0.5) is 19.0 Å². The van der Waals surface area contributed by atoms with Crippen LogP contribution in [0.25, 0.3) is 34.0 Å². The van der Waals surface area contributed by atoms with Crippen molar-refractivity contribution in [2.75, 3.05) is 11.9 Å². The van der Waals surface area contributed by atoms with Crippen LogP contribution in [0.3, 0.4) is 0 Å². The molecule has 0 radical (unpaired) electrons. The molecule has 2 aromatic carbocycles. The average molecular weight is 539 g/mol. The molecule has 0 amide bonds. The lowest BCUT2D eigenvalue weighted by Crippen LogP contribution is -2.08. The number of hydrogen-bond acceptors (Lipinski definition) is 6. The van der Waals surface area contributed by atoms with Gasteiger partial charge in [-0.3, -0.25) is 4.79 Å². The molecule has 4 rings (SSSR count). The second kappa shape index (κ2) is 11.0. The Balaban J connectivity index is 0.00000361. The van der Waals surface area contributed by atoms with Gasteiger partial charge in [0.25, 0.3) is 5.89 Å². The van der Waals surface area contributed by atoms with E-state index in [1.165, 1.54) is 18.3 Å². The predicted molar refractivity (Wildman–Crippen MR) is 131 cm³/mol. The van der Waals surface area contributed by atoms with Crippen molar-refractivity contribution >= 4 is 35.8 Å². The highest BCUT2D eigenvalue weighted by atomic mass is 35.5. The Kier molecular flexibility index (Phi) is 8.21. The molecule has 2 aromatic heterocycles. The summed E-state index contributed by atoms with van der Waals surface area (Å²) in [5.41, 5.74) is 1.46. The van der Waals surface area contributed by atoms with E-state index in [-0.39, 0.29) is 47.7 Å². The number of aryl methyl sites for hydroxylation is 1. The van der Waals surface area contributed by atoms with Crippen LogP contribution in [0.2, 0.25) is 5.02 Å². The molecule has 36 heavy (non-hydrogen) atoms. The molecule has 0 fully saturated rings. The summed E-state index contributed by atoms with van der Waals surface area (Å²) in [5, 5.41) is 15.7. The van der Waals surface area contributed by atoms with Crippen molar-refractivity contribution in [2.24, 2.45) is 0 Å². The Hall–Kier alpha value is -3.63. The summed E-state index contributed by atoms with van der Waals surface area (Å²) in [4.78, 5) is 19.2. The fourth-order valence-electron chi connectivity index (χ4n) is 3.50. The topological polar surface area (TPSA) is 101 Å². The minimum atomic E-state index is -4.47. The molecule has 0 unspecified atom stereocenters. The normalized spacial score (nSPS) is 11.1. The number of benzene rings is 2. The highest BCUT2D eigenvalue weighted by Gasteiger charge is 2.33. The van der Waals surface area contributed by atoms with Crippen molar-refractivity contribution in [3.63, 3.8) is 0 Å². The van der Waals surface area contributed by atoms with Crippen molar-refractivity contribution in [2.45, 2.75) is 19.5 Å². The summed E-state index contributed by atoms with van der Waals surface area (Å²) in [7, 11) is 0. The third kappa shape index (κ3) is 5.95. The molecular weight excluding hydrogens is 520 g/mol. The number of alkyl halides is 3. The number of nitrogens with zero attached hydrogens (tertiary/aromatic N) is 3. The van der Waals surface area contributed by atoms with Crippen LogP contribution < -0.4 is 5.32 Å². The van der Waals surface area contributed by atoms with E-state index in [0.29, 0.717) is 28.1 Å². The molecule has 188 valence electrons. The van der Waals surface area contributed by atoms with Gasteiger partial charge in [0.1, 0.15) is 5.82 Å². The molecule has 12 heteroatoms. The Labute approximate surface area is 214 Å². The summed E-state index contributed by atoms with van der Waals surface area (Å²) < 4.78 is 45.7. The van der Waals surface area contributed by atoms with Gasteiger partial charge in [0.05, 0.1) is 17.0 Å². The first-order chi connectivity index (χ1) is 16.6. The smallest absolute Gasteiger partial charge is 0.417 e. The number of aromatic nitrogens is 3. The molecule has 0 aliphatic rings. The summed E-state index contributed by atoms with van der Waals surface area (Å²) in [6.45, 7) is 1.87. The van der Waals surface area contributed by atoms with E-state index in [1.54, 1.807) is 37.3 Å². The highest BCUT2D eigenvalue weighted by Crippen LogP contribution is 2.39. The fourth-order valence-corrected chi connectivity index (χ4v) is 3.73. The van der Waals surface area contributed by atoms with Gasteiger partial charge in [-0.1, -0.05) is 41.0 Å². The zero-order valence-electron chi connectivity index (χ0n) is 18.6. The van der Waals surface area contributed by atoms with Crippen molar-refractivity contribution in [3.8, 4) is 34.0 Å². The second-order valence-corrected chi connectivity index (χ2v) is 8.03. The molecule has 0 atom stereocenters. The van der Waals surface area contributed by atoms with E-state index in [2.05, 4.69) is 20.4 Å². The number of anilines is 1. The van der Waals surface area contributed by atoms with E-state index in [9.17, 15) is 18.0 Å². The molecule has 0 spiro atoms. The third-order valence-corrected chi connectivity index (χ3v) is 5.44. The summed E-state index contributed by atoms with van der Waals surface area (Å²) >= 11 is 6.22. The SMILES string of the molecule is Cc1cc(-c2nc(-c3cnc(NCCC(=O)O)c(Cl)c3)no2)ccc1-c1ccccc1C(F)(F)F.Cl. The lowest BCUT2D eigenvalue weighted by atomic mass is 9.94. The van der Waals surface area contributed by atoms with Crippen LogP contribution in [0, 0.1) is 6.92 Å². The standard InChI is InChI=1S/C24H18ClF3N4O3.ClH/c1-13-10-14(6-7-16(13)17-4-2-3-5-18(17)24(26,27)28)23-31-21(32-35-23)15-11-19(25)22(30-12-15)29-9-8-20(33)34;/h2-7,10-12H,8-9H2,1H3,(H,29,30)(H,33,34);1H. The van der Waals surface area contributed by atoms with E-state index in [0.717, 1.165) is 6.07 Å². The molecule has 7 nitrogen and oxygen atoms in total. The van der Waals surface area contributed by atoms with Crippen LogP contribution in [-0.2, 0) is 11.0 Å². The number of carboxylic acids is 1. The van der Waals surface area contributed by atoms with Gasteiger partial charge in [-0.25, -0.2) is 4.98 Å². The minimum Gasteiger partial charge on any atom is -0.481 e. The van der Waals surface area contributed by atoms with Crippen LogP contribution in [0.5, 0.6) is 0 Å². The van der Waals surface area contributed by atoms with Gasteiger partial charge < -0.3 is 14.9 Å². The number of rotatable bonds is 7. The minimum absolute atomic E-state index is 0. The van der Waals surface area contributed by atoms with Crippen LogP contribution in [-0.4, -0.2) is 32.7 Å². The first kappa shape index (κ1) is 27.0. The Morgan fingerprint density at radius 3 is 2.53 bits per heavy atom. The molecule has 0 saturated heterocycles. The number of carboxylic acid groups (broad SMARTS) is 1. The van der Waals surface area contributed by atoms with E-state index in [4.69, 9.17) is 21.2 Å². The number of carbonyl (C=O) groups is 1. The van der Waals surface area contributed by atoms with Gasteiger partial charge in [-0.15, -0.1) is 12.4 Å². The lowest BCUT2D eigenvalue weighted by molar-refractivity contribution is -0.137. The van der Waals surface area contributed by atoms with Gasteiger partial charge in [0, 0.05) is 23.9 Å². The molecule has 2 heterocycles. The Morgan fingerprint density at radius 2 is 1.86 bits per heavy atom. The van der Waals surface area contributed by atoms with E-state index >= 15 is 0 Å². The molecule has 2 N–H and O–H groups in total. The molecule has 4 aromatic rings. The Morgan fingerprint density at radius 1 is 1.11 bits per heavy atom.